The lowest BCUT2D eigenvalue weighted by atomic mass is 9.98. The Hall–Kier alpha value is -1.75. The van der Waals surface area contributed by atoms with Crippen LogP contribution >= 0.6 is 23.7 Å². The maximum absolute atomic E-state index is 4.96. The molecule has 5 heteroatoms. The van der Waals surface area contributed by atoms with Gasteiger partial charge in [-0.15, -0.1) is 23.7 Å². The Kier molecular flexibility index (Phi) is 6.30. The number of aryl methyl sites for hydroxylation is 1. The molecule has 0 amide bonds. The van der Waals surface area contributed by atoms with E-state index in [2.05, 4.69) is 67.4 Å². The van der Waals surface area contributed by atoms with Gasteiger partial charge in [-0.1, -0.05) is 44.2 Å². The summed E-state index contributed by atoms with van der Waals surface area (Å²) in [4.78, 5) is 13.7. The third-order valence-electron chi connectivity index (χ3n) is 4.93. The molecule has 142 valence electrons. The zero-order chi connectivity index (χ0) is 18.1. The fourth-order valence-corrected chi connectivity index (χ4v) is 4.23. The summed E-state index contributed by atoms with van der Waals surface area (Å²) in [5.41, 5.74) is 6.33. The largest absolute Gasteiger partial charge is 0.293 e. The minimum atomic E-state index is 0. The molecular weight excluding hydrogens is 374 g/mol. The highest BCUT2D eigenvalue weighted by atomic mass is 35.5. The third kappa shape index (κ3) is 4.40. The average molecular weight is 400 g/mol. The Morgan fingerprint density at radius 2 is 1.93 bits per heavy atom. The van der Waals surface area contributed by atoms with Crippen LogP contribution in [-0.4, -0.2) is 21.4 Å². The quantitative estimate of drug-likeness (QED) is 0.570. The zero-order valence-electron chi connectivity index (χ0n) is 16.1. The predicted molar refractivity (Wildman–Crippen MR) is 116 cm³/mol. The van der Waals surface area contributed by atoms with E-state index < -0.39 is 0 Å². The first-order valence-electron chi connectivity index (χ1n) is 9.31. The van der Waals surface area contributed by atoms with Gasteiger partial charge in [0.05, 0.1) is 11.4 Å². The van der Waals surface area contributed by atoms with E-state index in [1.807, 2.05) is 0 Å². The first-order valence-corrected chi connectivity index (χ1v) is 10.2. The van der Waals surface area contributed by atoms with Crippen LogP contribution in [0.5, 0.6) is 0 Å². The number of nitrogens with zero attached hydrogens (tertiary/aromatic N) is 3. The van der Waals surface area contributed by atoms with Crippen molar-refractivity contribution in [3.8, 4) is 11.3 Å². The molecule has 0 bridgehead atoms. The zero-order valence-corrected chi connectivity index (χ0v) is 17.7. The lowest BCUT2D eigenvalue weighted by molar-refractivity contribution is 0.241. The molecule has 0 saturated carbocycles. The Balaban J connectivity index is 0.00000210. The van der Waals surface area contributed by atoms with Crippen molar-refractivity contribution in [2.24, 2.45) is 0 Å². The number of rotatable bonds is 4. The summed E-state index contributed by atoms with van der Waals surface area (Å²) in [5, 5.41) is 2.23. The maximum Gasteiger partial charge on any atom is 0.131 e. The molecule has 27 heavy (non-hydrogen) atoms. The summed E-state index contributed by atoms with van der Waals surface area (Å²) in [6.07, 6.45) is 1.02. The Morgan fingerprint density at radius 3 is 2.59 bits per heavy atom. The SMILES string of the molecule is Cc1cc(-c2nc(C(C)C)nc3c2CCN(Cc2ccccc2)C3)cs1.Cl. The smallest absolute Gasteiger partial charge is 0.131 e. The Morgan fingerprint density at radius 1 is 1.15 bits per heavy atom. The number of hydrogen-bond acceptors (Lipinski definition) is 4. The van der Waals surface area contributed by atoms with Crippen molar-refractivity contribution >= 4 is 23.7 Å². The molecule has 1 aliphatic rings. The van der Waals surface area contributed by atoms with Gasteiger partial charge in [0.1, 0.15) is 5.82 Å². The predicted octanol–water partition coefficient (Wildman–Crippen LogP) is 5.62. The third-order valence-corrected chi connectivity index (χ3v) is 5.79. The first-order chi connectivity index (χ1) is 12.6. The molecular formula is C22H26ClN3S. The maximum atomic E-state index is 4.96. The molecule has 4 rings (SSSR count). The molecule has 0 spiro atoms. The molecule has 0 aliphatic carbocycles. The van der Waals surface area contributed by atoms with Gasteiger partial charge in [0, 0.05) is 46.9 Å². The van der Waals surface area contributed by atoms with E-state index in [4.69, 9.17) is 9.97 Å². The molecule has 3 nitrogen and oxygen atoms in total. The minimum absolute atomic E-state index is 0. The molecule has 2 aromatic heterocycles. The van der Waals surface area contributed by atoms with Crippen molar-refractivity contribution in [1.82, 2.24) is 14.9 Å². The van der Waals surface area contributed by atoms with Gasteiger partial charge in [0.25, 0.3) is 0 Å². The van der Waals surface area contributed by atoms with E-state index in [0.717, 1.165) is 37.6 Å². The molecule has 1 aliphatic heterocycles. The van der Waals surface area contributed by atoms with Gasteiger partial charge in [-0.05, 0) is 25.0 Å². The van der Waals surface area contributed by atoms with E-state index in [0.29, 0.717) is 5.92 Å². The monoisotopic (exact) mass is 399 g/mol. The summed E-state index contributed by atoms with van der Waals surface area (Å²) < 4.78 is 0. The second-order valence-electron chi connectivity index (χ2n) is 7.40. The highest BCUT2D eigenvalue weighted by Gasteiger charge is 2.24. The lowest BCUT2D eigenvalue weighted by Gasteiger charge is -2.29. The van der Waals surface area contributed by atoms with E-state index in [-0.39, 0.29) is 12.4 Å². The van der Waals surface area contributed by atoms with Crippen LogP contribution in [0.4, 0.5) is 0 Å². The minimum Gasteiger partial charge on any atom is -0.293 e. The summed E-state index contributed by atoms with van der Waals surface area (Å²) in [5.74, 6) is 1.30. The van der Waals surface area contributed by atoms with Crippen molar-refractivity contribution in [2.75, 3.05) is 6.54 Å². The summed E-state index contributed by atoms with van der Waals surface area (Å²) in [6.45, 7) is 9.45. The standard InChI is InChI=1S/C22H25N3S.ClH/c1-15(2)22-23-20-13-25(12-17-7-5-4-6-8-17)10-9-19(20)21(24-22)18-11-16(3)26-14-18;/h4-8,11,14-15H,9-10,12-13H2,1-3H3;1H. The van der Waals surface area contributed by atoms with Crippen LogP contribution in [-0.2, 0) is 19.5 Å². The number of thiophene rings is 1. The van der Waals surface area contributed by atoms with E-state index >= 15 is 0 Å². The Bertz CT molecular complexity index is 905. The molecule has 0 radical (unpaired) electrons. The van der Waals surface area contributed by atoms with Crippen LogP contribution in [0, 0.1) is 6.92 Å². The number of halogens is 1. The fraction of sp³-hybridized carbons (Fsp3) is 0.364. The molecule has 1 aromatic carbocycles. The molecule has 0 N–H and O–H groups in total. The van der Waals surface area contributed by atoms with Gasteiger partial charge < -0.3 is 0 Å². The normalized spacial score (nSPS) is 14.1. The first kappa shape index (κ1) is 20.0. The Labute approximate surface area is 171 Å². The van der Waals surface area contributed by atoms with Crippen LogP contribution in [0.3, 0.4) is 0 Å². The van der Waals surface area contributed by atoms with Gasteiger partial charge in [-0.2, -0.15) is 0 Å². The van der Waals surface area contributed by atoms with Crippen molar-refractivity contribution in [3.63, 3.8) is 0 Å². The highest BCUT2D eigenvalue weighted by Crippen LogP contribution is 2.32. The van der Waals surface area contributed by atoms with Crippen molar-refractivity contribution in [2.45, 2.75) is 46.2 Å². The number of hydrogen-bond donors (Lipinski definition) is 0. The van der Waals surface area contributed by atoms with Crippen molar-refractivity contribution < 1.29 is 0 Å². The van der Waals surface area contributed by atoms with Gasteiger partial charge in [-0.3, -0.25) is 4.90 Å². The van der Waals surface area contributed by atoms with Crippen molar-refractivity contribution in [1.29, 1.82) is 0 Å². The van der Waals surface area contributed by atoms with Crippen LogP contribution < -0.4 is 0 Å². The second-order valence-corrected chi connectivity index (χ2v) is 8.52. The molecule has 3 heterocycles. The van der Waals surface area contributed by atoms with Crippen LogP contribution in [0.1, 0.15) is 47.3 Å². The fourth-order valence-electron chi connectivity index (χ4n) is 3.54. The van der Waals surface area contributed by atoms with Crippen LogP contribution in [0.15, 0.2) is 41.8 Å². The van der Waals surface area contributed by atoms with E-state index in [1.54, 1.807) is 11.3 Å². The van der Waals surface area contributed by atoms with Crippen LogP contribution in [0.2, 0.25) is 0 Å². The number of fused-ring (bicyclic) bond motifs is 1. The molecule has 3 aromatic rings. The van der Waals surface area contributed by atoms with Gasteiger partial charge in [-0.25, -0.2) is 9.97 Å². The van der Waals surface area contributed by atoms with E-state index in [1.165, 1.54) is 27.3 Å². The van der Waals surface area contributed by atoms with E-state index in [9.17, 15) is 0 Å². The summed E-state index contributed by atoms with van der Waals surface area (Å²) in [7, 11) is 0. The summed E-state index contributed by atoms with van der Waals surface area (Å²) >= 11 is 1.80. The topological polar surface area (TPSA) is 29.0 Å². The summed E-state index contributed by atoms with van der Waals surface area (Å²) in [6, 6.07) is 13.0. The molecule has 0 fully saturated rings. The van der Waals surface area contributed by atoms with Gasteiger partial charge in [0.15, 0.2) is 0 Å². The molecule has 0 atom stereocenters. The molecule has 0 saturated heterocycles. The second kappa shape index (κ2) is 8.51. The lowest BCUT2D eigenvalue weighted by Crippen LogP contribution is -2.32. The van der Waals surface area contributed by atoms with Gasteiger partial charge in [0.2, 0.25) is 0 Å². The number of benzene rings is 1. The van der Waals surface area contributed by atoms with Gasteiger partial charge >= 0.3 is 0 Å². The average Bonchev–Trinajstić information content (AvgIpc) is 3.07. The number of aromatic nitrogens is 2. The van der Waals surface area contributed by atoms with Crippen molar-refractivity contribution in [3.05, 3.63) is 69.3 Å². The highest BCUT2D eigenvalue weighted by molar-refractivity contribution is 7.10. The van der Waals surface area contributed by atoms with Crippen LogP contribution in [0.25, 0.3) is 11.3 Å². The molecule has 0 unspecified atom stereocenters.